The van der Waals surface area contributed by atoms with Crippen molar-refractivity contribution in [3.05, 3.63) is 59.7 Å². The van der Waals surface area contributed by atoms with Crippen LogP contribution >= 0.6 is 11.8 Å². The first-order chi connectivity index (χ1) is 11.8. The SMILES string of the molecule is COc1ccc(C(c2ccc(SC)cc2)N2CCCNCC2)cc1. The lowest BCUT2D eigenvalue weighted by atomic mass is 9.96. The van der Waals surface area contributed by atoms with E-state index in [9.17, 15) is 0 Å². The molecule has 1 N–H and O–H groups in total. The Balaban J connectivity index is 1.94. The fourth-order valence-electron chi connectivity index (χ4n) is 3.31. The lowest BCUT2D eigenvalue weighted by Gasteiger charge is -2.31. The maximum atomic E-state index is 5.32. The van der Waals surface area contributed by atoms with E-state index in [-0.39, 0.29) is 0 Å². The monoisotopic (exact) mass is 342 g/mol. The molecule has 1 atom stereocenters. The lowest BCUT2D eigenvalue weighted by Crippen LogP contribution is -2.33. The molecule has 1 aliphatic heterocycles. The first-order valence-electron chi connectivity index (χ1n) is 8.54. The van der Waals surface area contributed by atoms with Gasteiger partial charge in [-0.3, -0.25) is 4.90 Å². The van der Waals surface area contributed by atoms with Crippen molar-refractivity contribution in [2.45, 2.75) is 17.4 Å². The average molecular weight is 343 g/mol. The van der Waals surface area contributed by atoms with E-state index in [4.69, 9.17) is 4.74 Å². The van der Waals surface area contributed by atoms with E-state index in [2.05, 4.69) is 65.0 Å². The Kier molecular flexibility index (Phi) is 6.18. The van der Waals surface area contributed by atoms with Crippen LogP contribution in [-0.4, -0.2) is 44.4 Å². The summed E-state index contributed by atoms with van der Waals surface area (Å²) in [6.07, 6.45) is 3.31. The third-order valence-corrected chi connectivity index (χ3v) is 5.35. The molecule has 0 aliphatic carbocycles. The Bertz CT molecular complexity index is 572. The van der Waals surface area contributed by atoms with Gasteiger partial charge in [0.2, 0.25) is 0 Å². The molecule has 1 aliphatic rings. The molecule has 0 aromatic heterocycles. The van der Waals surface area contributed by atoms with Crippen LogP contribution in [0.15, 0.2) is 53.4 Å². The van der Waals surface area contributed by atoms with Gasteiger partial charge < -0.3 is 10.1 Å². The van der Waals surface area contributed by atoms with Gasteiger partial charge in [-0.25, -0.2) is 0 Å². The van der Waals surface area contributed by atoms with Crippen molar-refractivity contribution < 1.29 is 4.74 Å². The zero-order chi connectivity index (χ0) is 16.8. The minimum Gasteiger partial charge on any atom is -0.497 e. The molecule has 1 saturated heterocycles. The minimum atomic E-state index is 0.298. The lowest BCUT2D eigenvalue weighted by molar-refractivity contribution is 0.241. The van der Waals surface area contributed by atoms with Gasteiger partial charge in [0.15, 0.2) is 0 Å². The van der Waals surface area contributed by atoms with Crippen LogP contribution in [0.25, 0.3) is 0 Å². The van der Waals surface area contributed by atoms with Crippen molar-refractivity contribution in [2.75, 3.05) is 39.5 Å². The number of nitrogens with zero attached hydrogens (tertiary/aromatic N) is 1. The Labute approximate surface area is 149 Å². The van der Waals surface area contributed by atoms with Gasteiger partial charge in [-0.2, -0.15) is 0 Å². The van der Waals surface area contributed by atoms with Crippen molar-refractivity contribution in [1.29, 1.82) is 0 Å². The van der Waals surface area contributed by atoms with Crippen LogP contribution in [-0.2, 0) is 0 Å². The van der Waals surface area contributed by atoms with Crippen molar-refractivity contribution >= 4 is 11.8 Å². The summed E-state index contributed by atoms with van der Waals surface area (Å²) in [5.41, 5.74) is 2.69. The second-order valence-electron chi connectivity index (χ2n) is 6.09. The largest absolute Gasteiger partial charge is 0.497 e. The third-order valence-electron chi connectivity index (χ3n) is 4.60. The van der Waals surface area contributed by atoms with Crippen LogP contribution in [0, 0.1) is 0 Å². The molecule has 128 valence electrons. The van der Waals surface area contributed by atoms with E-state index in [1.807, 2.05) is 0 Å². The maximum Gasteiger partial charge on any atom is 0.118 e. The molecule has 0 amide bonds. The van der Waals surface area contributed by atoms with Crippen LogP contribution in [0.4, 0.5) is 0 Å². The number of thioether (sulfide) groups is 1. The van der Waals surface area contributed by atoms with Crippen LogP contribution in [0.3, 0.4) is 0 Å². The van der Waals surface area contributed by atoms with Gasteiger partial charge in [0.25, 0.3) is 0 Å². The molecule has 4 heteroatoms. The average Bonchev–Trinajstić information content (AvgIpc) is 2.92. The second kappa shape index (κ2) is 8.56. The normalized spacial score (nSPS) is 17.2. The van der Waals surface area contributed by atoms with Crippen LogP contribution in [0.2, 0.25) is 0 Å². The smallest absolute Gasteiger partial charge is 0.118 e. The Hall–Kier alpha value is -1.49. The van der Waals surface area contributed by atoms with E-state index in [1.54, 1.807) is 18.9 Å². The summed E-state index contributed by atoms with van der Waals surface area (Å²) in [5.74, 6) is 0.910. The molecule has 2 aromatic carbocycles. The van der Waals surface area contributed by atoms with E-state index in [0.717, 1.165) is 31.9 Å². The van der Waals surface area contributed by atoms with Crippen LogP contribution < -0.4 is 10.1 Å². The van der Waals surface area contributed by atoms with E-state index in [1.165, 1.54) is 22.4 Å². The number of ether oxygens (including phenoxy) is 1. The number of nitrogens with one attached hydrogen (secondary N) is 1. The van der Waals surface area contributed by atoms with E-state index in [0.29, 0.717) is 6.04 Å². The summed E-state index contributed by atoms with van der Waals surface area (Å²) in [4.78, 5) is 3.90. The minimum absolute atomic E-state index is 0.298. The number of hydrogen-bond acceptors (Lipinski definition) is 4. The molecule has 3 rings (SSSR count). The summed E-state index contributed by atoms with van der Waals surface area (Å²) < 4.78 is 5.32. The number of benzene rings is 2. The number of rotatable bonds is 5. The molecule has 0 radical (unpaired) electrons. The molecule has 1 heterocycles. The molecule has 2 aromatic rings. The Morgan fingerprint density at radius 3 is 2.25 bits per heavy atom. The van der Waals surface area contributed by atoms with Gasteiger partial charge in [0.05, 0.1) is 13.2 Å². The van der Waals surface area contributed by atoms with Gasteiger partial charge in [-0.05, 0) is 54.6 Å². The summed E-state index contributed by atoms with van der Waals surface area (Å²) in [6, 6.07) is 17.8. The number of hydrogen-bond donors (Lipinski definition) is 1. The van der Waals surface area contributed by atoms with Gasteiger partial charge in [0, 0.05) is 24.5 Å². The van der Waals surface area contributed by atoms with Crippen LogP contribution in [0.1, 0.15) is 23.6 Å². The summed E-state index contributed by atoms with van der Waals surface area (Å²) in [7, 11) is 1.72. The molecule has 0 bridgehead atoms. The van der Waals surface area contributed by atoms with E-state index >= 15 is 0 Å². The third kappa shape index (κ3) is 4.12. The maximum absolute atomic E-state index is 5.32. The highest BCUT2D eigenvalue weighted by Gasteiger charge is 2.23. The highest BCUT2D eigenvalue weighted by atomic mass is 32.2. The fraction of sp³-hybridized carbons (Fsp3) is 0.400. The highest BCUT2D eigenvalue weighted by Crippen LogP contribution is 2.31. The summed E-state index contributed by atoms with van der Waals surface area (Å²) in [5, 5.41) is 3.51. The van der Waals surface area contributed by atoms with Crippen molar-refractivity contribution in [1.82, 2.24) is 10.2 Å². The van der Waals surface area contributed by atoms with Gasteiger partial charge in [-0.15, -0.1) is 11.8 Å². The summed E-state index contributed by atoms with van der Waals surface area (Å²) >= 11 is 1.79. The number of methoxy groups -OCH3 is 1. The van der Waals surface area contributed by atoms with Gasteiger partial charge in [0.1, 0.15) is 5.75 Å². The first kappa shape index (κ1) is 17.3. The zero-order valence-electron chi connectivity index (χ0n) is 14.5. The molecule has 24 heavy (non-hydrogen) atoms. The Morgan fingerprint density at radius 1 is 0.958 bits per heavy atom. The molecule has 0 spiro atoms. The topological polar surface area (TPSA) is 24.5 Å². The molecule has 1 unspecified atom stereocenters. The van der Waals surface area contributed by atoms with Crippen molar-refractivity contribution in [3.63, 3.8) is 0 Å². The van der Waals surface area contributed by atoms with Gasteiger partial charge in [-0.1, -0.05) is 24.3 Å². The van der Waals surface area contributed by atoms with Crippen molar-refractivity contribution in [3.8, 4) is 5.75 Å². The molecule has 3 nitrogen and oxygen atoms in total. The Morgan fingerprint density at radius 2 is 1.62 bits per heavy atom. The first-order valence-corrected chi connectivity index (χ1v) is 9.77. The van der Waals surface area contributed by atoms with Crippen molar-refractivity contribution in [2.24, 2.45) is 0 Å². The van der Waals surface area contributed by atoms with E-state index < -0.39 is 0 Å². The molecular weight excluding hydrogens is 316 g/mol. The molecule has 1 fully saturated rings. The fourth-order valence-corrected chi connectivity index (χ4v) is 3.72. The molecular formula is C20H26N2OS. The standard InChI is InChI=1S/C20H26N2OS/c1-23-18-8-4-16(5-9-18)20(22-14-3-12-21-13-15-22)17-6-10-19(24-2)11-7-17/h4-11,20-21H,3,12-15H2,1-2H3. The van der Waals surface area contributed by atoms with Crippen LogP contribution in [0.5, 0.6) is 5.75 Å². The quantitative estimate of drug-likeness (QED) is 0.835. The predicted molar refractivity (Wildman–Crippen MR) is 102 cm³/mol. The zero-order valence-corrected chi connectivity index (χ0v) is 15.3. The predicted octanol–water partition coefficient (Wildman–Crippen LogP) is 3.80. The second-order valence-corrected chi connectivity index (χ2v) is 6.97. The highest BCUT2D eigenvalue weighted by molar-refractivity contribution is 7.98. The molecule has 0 saturated carbocycles. The van der Waals surface area contributed by atoms with Gasteiger partial charge >= 0.3 is 0 Å². The summed E-state index contributed by atoms with van der Waals surface area (Å²) in [6.45, 7) is 4.35.